The number of methoxy groups -OCH3 is 1. The molecule has 3 rings (SSSR count). The summed E-state index contributed by atoms with van der Waals surface area (Å²) in [6.07, 6.45) is 1.41. The first-order valence-corrected chi connectivity index (χ1v) is 9.34. The maximum atomic E-state index is 12.8. The van der Waals surface area contributed by atoms with E-state index >= 15 is 0 Å². The number of ether oxygens (including phenoxy) is 3. The number of nitrogens with one attached hydrogen (secondary N) is 1. The summed E-state index contributed by atoms with van der Waals surface area (Å²) in [6.45, 7) is 3.23. The number of hydrogen-bond donors (Lipinski definition) is 1. The van der Waals surface area contributed by atoms with Gasteiger partial charge in [-0.05, 0) is 55.0 Å². The van der Waals surface area contributed by atoms with Crippen molar-refractivity contribution in [2.45, 2.75) is 13.8 Å². The number of benzene rings is 2. The predicted molar refractivity (Wildman–Crippen MR) is 110 cm³/mol. The Morgan fingerprint density at radius 2 is 1.77 bits per heavy atom. The fraction of sp³-hybridized carbons (Fsp3) is 0.182. The highest BCUT2D eigenvalue weighted by Crippen LogP contribution is 2.30. The highest BCUT2D eigenvalue weighted by atomic mass is 16.6. The van der Waals surface area contributed by atoms with Gasteiger partial charge in [0.1, 0.15) is 5.57 Å². The van der Waals surface area contributed by atoms with Crippen LogP contribution in [0.1, 0.15) is 29.8 Å². The van der Waals surface area contributed by atoms with E-state index in [1.807, 2.05) is 0 Å². The molecule has 0 spiro atoms. The van der Waals surface area contributed by atoms with E-state index in [0.29, 0.717) is 16.8 Å². The number of carbonyl (C=O) groups excluding carboxylic acids is 4. The minimum atomic E-state index is -0.581. The second kappa shape index (κ2) is 9.12. The van der Waals surface area contributed by atoms with Gasteiger partial charge in [-0.25, -0.2) is 9.80 Å². The zero-order valence-electron chi connectivity index (χ0n) is 17.1. The Labute approximate surface area is 178 Å². The Hall–Kier alpha value is -4.14. The van der Waals surface area contributed by atoms with E-state index in [4.69, 9.17) is 14.2 Å². The molecular weight excluding hydrogens is 404 g/mol. The lowest BCUT2D eigenvalue weighted by Gasteiger charge is -2.14. The normalized spacial score (nSPS) is 14.4. The van der Waals surface area contributed by atoms with Crippen LogP contribution in [0.3, 0.4) is 0 Å². The van der Waals surface area contributed by atoms with Crippen molar-refractivity contribution in [1.29, 1.82) is 0 Å². The quantitative estimate of drug-likeness (QED) is 0.328. The van der Waals surface area contributed by atoms with Gasteiger partial charge >= 0.3 is 11.9 Å². The van der Waals surface area contributed by atoms with Crippen LogP contribution < -0.4 is 19.9 Å². The van der Waals surface area contributed by atoms with Gasteiger partial charge in [0, 0.05) is 6.92 Å². The molecule has 1 aliphatic heterocycles. The summed E-state index contributed by atoms with van der Waals surface area (Å²) in [5.41, 5.74) is 3.63. The topological polar surface area (TPSA) is 111 Å². The van der Waals surface area contributed by atoms with E-state index < -0.39 is 23.8 Å². The Kier molecular flexibility index (Phi) is 6.35. The van der Waals surface area contributed by atoms with Gasteiger partial charge in [0.05, 0.1) is 25.0 Å². The summed E-state index contributed by atoms with van der Waals surface area (Å²) >= 11 is 0. The van der Waals surface area contributed by atoms with Crippen molar-refractivity contribution < 1.29 is 33.4 Å². The van der Waals surface area contributed by atoms with Gasteiger partial charge in [0.25, 0.3) is 11.8 Å². The number of hydrazine groups is 1. The van der Waals surface area contributed by atoms with Gasteiger partial charge in [-0.3, -0.25) is 19.8 Å². The van der Waals surface area contributed by atoms with Crippen LogP contribution in [-0.2, 0) is 19.1 Å². The molecular formula is C22H20N2O7. The Morgan fingerprint density at radius 3 is 2.39 bits per heavy atom. The molecule has 0 unspecified atom stereocenters. The summed E-state index contributed by atoms with van der Waals surface area (Å²) in [4.78, 5) is 48.1. The number of rotatable bonds is 6. The lowest BCUT2D eigenvalue weighted by atomic mass is 10.1. The first-order chi connectivity index (χ1) is 14.8. The van der Waals surface area contributed by atoms with Crippen molar-refractivity contribution in [3.63, 3.8) is 0 Å². The predicted octanol–water partition coefficient (Wildman–Crippen LogP) is 2.26. The van der Waals surface area contributed by atoms with Crippen molar-refractivity contribution in [2.75, 3.05) is 18.7 Å². The molecule has 9 nitrogen and oxygen atoms in total. The van der Waals surface area contributed by atoms with Crippen molar-refractivity contribution in [1.82, 2.24) is 5.43 Å². The molecule has 0 atom stereocenters. The van der Waals surface area contributed by atoms with Gasteiger partial charge in [-0.15, -0.1) is 0 Å². The molecule has 1 heterocycles. The van der Waals surface area contributed by atoms with Crippen molar-refractivity contribution in [2.24, 2.45) is 0 Å². The molecule has 1 N–H and O–H groups in total. The molecule has 0 aliphatic carbocycles. The number of anilines is 1. The molecule has 0 radical (unpaired) electrons. The summed E-state index contributed by atoms with van der Waals surface area (Å²) in [5.74, 6) is -1.61. The molecule has 2 aromatic rings. The largest absolute Gasteiger partial charge is 0.493 e. The molecule has 31 heavy (non-hydrogen) atoms. The molecule has 1 saturated heterocycles. The van der Waals surface area contributed by atoms with E-state index in [2.05, 4.69) is 5.43 Å². The van der Waals surface area contributed by atoms with E-state index in [9.17, 15) is 19.2 Å². The SMILES string of the molecule is CCOC(=O)c1ccc(N2NC(=O)/C(=C/c3ccc(OC(C)=O)c(OC)c3)C2=O)cc1. The minimum Gasteiger partial charge on any atom is -0.493 e. The molecule has 1 fully saturated rings. The number of amides is 2. The maximum absolute atomic E-state index is 12.8. The van der Waals surface area contributed by atoms with E-state index in [-0.39, 0.29) is 23.7 Å². The molecule has 9 heteroatoms. The van der Waals surface area contributed by atoms with Gasteiger partial charge in [-0.2, -0.15) is 0 Å². The third-order valence-electron chi connectivity index (χ3n) is 4.28. The second-order valence-electron chi connectivity index (χ2n) is 6.41. The van der Waals surface area contributed by atoms with Crippen LogP contribution >= 0.6 is 0 Å². The fourth-order valence-corrected chi connectivity index (χ4v) is 2.88. The first kappa shape index (κ1) is 21.6. The van der Waals surface area contributed by atoms with Crippen LogP contribution in [0.2, 0.25) is 0 Å². The summed E-state index contributed by atoms with van der Waals surface area (Å²) in [7, 11) is 1.41. The summed E-state index contributed by atoms with van der Waals surface area (Å²) < 4.78 is 15.2. The lowest BCUT2D eigenvalue weighted by molar-refractivity contribution is -0.132. The second-order valence-corrected chi connectivity index (χ2v) is 6.41. The molecule has 2 aromatic carbocycles. The molecule has 160 valence electrons. The Bertz CT molecular complexity index is 1070. The first-order valence-electron chi connectivity index (χ1n) is 9.34. The monoisotopic (exact) mass is 424 g/mol. The lowest BCUT2D eigenvalue weighted by Crippen LogP contribution is -2.35. The standard InChI is InChI=1S/C22H20N2O7/c1-4-30-22(28)15-6-8-16(9-7-15)24-21(27)17(20(26)23-24)11-14-5-10-18(31-13(2)25)19(12-14)29-3/h5-12H,4H2,1-3H3,(H,23,26)/b17-11-. The third kappa shape index (κ3) is 4.72. The van der Waals surface area contributed by atoms with Crippen LogP contribution in [0.25, 0.3) is 6.08 Å². The number of esters is 2. The zero-order chi connectivity index (χ0) is 22.5. The number of nitrogens with zero attached hydrogens (tertiary/aromatic N) is 1. The average molecular weight is 424 g/mol. The molecule has 1 aliphatic rings. The van der Waals surface area contributed by atoms with Crippen molar-refractivity contribution in [3.05, 3.63) is 59.2 Å². The maximum Gasteiger partial charge on any atom is 0.338 e. The average Bonchev–Trinajstić information content (AvgIpc) is 3.03. The van der Waals surface area contributed by atoms with E-state index in [1.54, 1.807) is 19.1 Å². The zero-order valence-corrected chi connectivity index (χ0v) is 17.1. The highest BCUT2D eigenvalue weighted by molar-refractivity contribution is 6.31. The van der Waals surface area contributed by atoms with Crippen LogP contribution in [0, 0.1) is 0 Å². The van der Waals surface area contributed by atoms with Gasteiger partial charge < -0.3 is 14.2 Å². The molecule has 0 saturated carbocycles. The van der Waals surface area contributed by atoms with Gasteiger partial charge in [-0.1, -0.05) is 6.07 Å². The molecule has 0 aromatic heterocycles. The van der Waals surface area contributed by atoms with Crippen LogP contribution in [0.5, 0.6) is 11.5 Å². The Morgan fingerprint density at radius 1 is 1.06 bits per heavy atom. The Balaban J connectivity index is 1.84. The van der Waals surface area contributed by atoms with Crippen LogP contribution in [0.15, 0.2) is 48.0 Å². The third-order valence-corrected chi connectivity index (χ3v) is 4.28. The van der Waals surface area contributed by atoms with Crippen molar-refractivity contribution >= 4 is 35.5 Å². The summed E-state index contributed by atoms with van der Waals surface area (Å²) in [5, 5.41) is 1.09. The van der Waals surface area contributed by atoms with Crippen molar-refractivity contribution in [3.8, 4) is 11.5 Å². The van der Waals surface area contributed by atoms with Gasteiger partial charge in [0.15, 0.2) is 11.5 Å². The van der Waals surface area contributed by atoms with Gasteiger partial charge in [0.2, 0.25) is 0 Å². The highest BCUT2D eigenvalue weighted by Gasteiger charge is 2.34. The number of carbonyl (C=O) groups is 4. The minimum absolute atomic E-state index is 0.0863. The number of hydrogen-bond acceptors (Lipinski definition) is 7. The van der Waals surface area contributed by atoms with E-state index in [0.717, 1.165) is 5.01 Å². The fourth-order valence-electron chi connectivity index (χ4n) is 2.88. The summed E-state index contributed by atoms with van der Waals surface area (Å²) in [6, 6.07) is 10.7. The van der Waals surface area contributed by atoms with E-state index in [1.165, 1.54) is 50.4 Å². The van der Waals surface area contributed by atoms with Crippen LogP contribution in [-0.4, -0.2) is 37.5 Å². The van der Waals surface area contributed by atoms with Crippen LogP contribution in [0.4, 0.5) is 5.69 Å². The smallest absolute Gasteiger partial charge is 0.338 e. The molecule has 2 amide bonds. The molecule has 0 bridgehead atoms.